The number of carbonyl (C=O) groups is 2. The average molecular weight is 453 g/mol. The molecule has 1 aromatic carbocycles. The number of rotatable bonds is 9. The summed E-state index contributed by atoms with van der Waals surface area (Å²) in [6, 6.07) is 5.56. The van der Waals surface area contributed by atoms with Crippen LogP contribution < -0.4 is 9.47 Å². The first kappa shape index (κ1) is 22.6. The minimum atomic E-state index is -0.885. The predicted molar refractivity (Wildman–Crippen MR) is 108 cm³/mol. The van der Waals surface area contributed by atoms with E-state index in [2.05, 4.69) is 0 Å². The van der Waals surface area contributed by atoms with Crippen LogP contribution >= 0.6 is 0 Å². The van der Waals surface area contributed by atoms with Crippen LogP contribution in [0.25, 0.3) is 0 Å². The summed E-state index contributed by atoms with van der Waals surface area (Å²) >= 11 is -0.771. The van der Waals surface area contributed by atoms with E-state index < -0.39 is 27.3 Å². The van der Waals surface area contributed by atoms with Crippen LogP contribution in [0.1, 0.15) is 64.4 Å². The molecule has 6 nitrogen and oxygen atoms in total. The summed E-state index contributed by atoms with van der Waals surface area (Å²) in [4.78, 5) is 23.5. The molecule has 1 aromatic rings. The van der Waals surface area contributed by atoms with Gasteiger partial charge in [-0.25, -0.2) is 0 Å². The van der Waals surface area contributed by atoms with Gasteiger partial charge in [-0.3, -0.25) is 0 Å². The molecule has 28 heavy (non-hydrogen) atoms. The number of carboxylic acids is 1. The summed E-state index contributed by atoms with van der Waals surface area (Å²) in [7, 11) is 1.60. The summed E-state index contributed by atoms with van der Waals surface area (Å²) in [5.41, 5.74) is 0.326. The molecule has 0 heterocycles. The Morgan fingerprint density at radius 3 is 2.46 bits per heavy atom. The third-order valence-electron chi connectivity index (χ3n) is 4.51. The first-order chi connectivity index (χ1) is 13.2. The molecule has 1 radical (unpaired) electrons. The van der Waals surface area contributed by atoms with Gasteiger partial charge >= 0.3 is 173 Å². The van der Waals surface area contributed by atoms with Gasteiger partial charge < -0.3 is 0 Å². The quantitative estimate of drug-likeness (QED) is 0.549. The van der Waals surface area contributed by atoms with E-state index in [4.69, 9.17) is 14.2 Å². The fourth-order valence-corrected chi connectivity index (χ4v) is 5.40. The summed E-state index contributed by atoms with van der Waals surface area (Å²) in [5.74, 6) is 0.146. The Kier molecular flexibility index (Phi) is 8.23. The second-order valence-electron chi connectivity index (χ2n) is 8.05. The molecule has 2 rings (SSSR count). The van der Waals surface area contributed by atoms with Crippen LogP contribution in [0.5, 0.6) is 11.5 Å². The topological polar surface area (TPSA) is 82.1 Å². The van der Waals surface area contributed by atoms with E-state index in [-0.39, 0.29) is 23.2 Å². The molecule has 0 aliphatic heterocycles. The monoisotopic (exact) mass is 453 g/mol. The van der Waals surface area contributed by atoms with E-state index >= 15 is 0 Å². The molecule has 1 atom stereocenters. The zero-order chi connectivity index (χ0) is 20.7. The van der Waals surface area contributed by atoms with Crippen LogP contribution in [0.15, 0.2) is 18.2 Å². The molecule has 1 saturated carbocycles. The molecule has 1 fully saturated rings. The molecule has 0 aromatic heterocycles. The Balaban J connectivity index is 2.14. The number of benzene rings is 1. The standard InChI is InChI=1S/C21H30AsO6/c1-21(2,3)28-20(25)22-13-15(12-19(23)24)14-9-10-17(26-4)18(11-14)27-16-7-5-6-8-16/h9-11,15-16H,5-8,12-13H2,1-4H3,(H,23,24)/t15-/m1/s1. The third-order valence-corrected chi connectivity index (χ3v) is 6.55. The van der Waals surface area contributed by atoms with Gasteiger partial charge in [0.05, 0.1) is 0 Å². The SMILES string of the molecule is COc1ccc([C@@H](C[As]C(=O)OC(C)(C)C)CC(=O)O)cc1OC1CCCC1. The van der Waals surface area contributed by atoms with Crippen molar-refractivity contribution in [3.05, 3.63) is 23.8 Å². The molecule has 0 amide bonds. The Hall–Kier alpha value is -1.68. The van der Waals surface area contributed by atoms with Crippen LogP contribution in [-0.2, 0) is 9.53 Å². The van der Waals surface area contributed by atoms with Gasteiger partial charge in [0.1, 0.15) is 0 Å². The Bertz CT molecular complexity index is 676. The van der Waals surface area contributed by atoms with E-state index in [1.165, 1.54) is 0 Å². The molecule has 0 saturated heterocycles. The number of carbonyl (C=O) groups excluding carboxylic acids is 1. The van der Waals surface area contributed by atoms with Crippen LogP contribution in [0, 0.1) is 0 Å². The zero-order valence-electron chi connectivity index (χ0n) is 17.1. The van der Waals surface area contributed by atoms with Crippen molar-refractivity contribution in [1.29, 1.82) is 0 Å². The summed E-state index contributed by atoms with van der Waals surface area (Å²) in [5, 5.41) is 9.83. The van der Waals surface area contributed by atoms with Crippen LogP contribution in [-0.4, -0.2) is 50.4 Å². The van der Waals surface area contributed by atoms with Crippen LogP contribution in [0.2, 0.25) is 5.21 Å². The number of hydrogen-bond acceptors (Lipinski definition) is 5. The molecular formula is C21H30AsO6. The van der Waals surface area contributed by atoms with Crippen molar-refractivity contribution in [2.45, 2.75) is 75.7 Å². The number of methoxy groups -OCH3 is 1. The fourth-order valence-electron chi connectivity index (χ4n) is 3.20. The normalized spacial score (nSPS) is 16.3. The Labute approximate surface area is 173 Å². The molecule has 0 unspecified atom stereocenters. The molecule has 0 spiro atoms. The fraction of sp³-hybridized carbons (Fsp3) is 0.619. The van der Waals surface area contributed by atoms with Crippen molar-refractivity contribution in [1.82, 2.24) is 0 Å². The molecular weight excluding hydrogens is 423 g/mol. The van der Waals surface area contributed by atoms with Gasteiger partial charge in [-0.2, -0.15) is 0 Å². The molecule has 1 aliphatic carbocycles. The van der Waals surface area contributed by atoms with E-state index in [0.717, 1.165) is 31.2 Å². The van der Waals surface area contributed by atoms with Crippen molar-refractivity contribution in [3.63, 3.8) is 0 Å². The third kappa shape index (κ3) is 7.38. The summed E-state index contributed by atoms with van der Waals surface area (Å²) in [6.45, 7) is 5.49. The van der Waals surface area contributed by atoms with Gasteiger partial charge in [-0.15, -0.1) is 0 Å². The Morgan fingerprint density at radius 2 is 1.89 bits per heavy atom. The summed E-state index contributed by atoms with van der Waals surface area (Å²) < 4.78 is 16.7. The molecule has 155 valence electrons. The molecule has 1 aliphatic rings. The van der Waals surface area contributed by atoms with Gasteiger partial charge in [0.2, 0.25) is 0 Å². The number of ether oxygens (including phenoxy) is 3. The number of carboxylic acid groups (broad SMARTS) is 1. The predicted octanol–water partition coefficient (Wildman–Crippen LogP) is 4.63. The van der Waals surface area contributed by atoms with Gasteiger partial charge in [-0.1, -0.05) is 0 Å². The van der Waals surface area contributed by atoms with Crippen LogP contribution in [0.3, 0.4) is 0 Å². The van der Waals surface area contributed by atoms with E-state index in [9.17, 15) is 14.7 Å². The van der Waals surface area contributed by atoms with E-state index in [0.29, 0.717) is 16.7 Å². The first-order valence-corrected chi connectivity index (χ1v) is 11.9. The number of hydrogen-bond donors (Lipinski definition) is 1. The van der Waals surface area contributed by atoms with E-state index in [1.807, 2.05) is 39.0 Å². The number of aliphatic carboxylic acids is 1. The first-order valence-electron chi connectivity index (χ1n) is 9.65. The van der Waals surface area contributed by atoms with Crippen molar-refractivity contribution in [3.8, 4) is 11.5 Å². The zero-order valence-corrected chi connectivity index (χ0v) is 18.9. The van der Waals surface area contributed by atoms with E-state index in [1.54, 1.807) is 7.11 Å². The maximum absolute atomic E-state index is 12.1. The van der Waals surface area contributed by atoms with Crippen molar-refractivity contribution < 1.29 is 28.9 Å². The van der Waals surface area contributed by atoms with Gasteiger partial charge in [0.25, 0.3) is 0 Å². The minimum absolute atomic E-state index is 0.0341. The average Bonchev–Trinajstić information content (AvgIpc) is 3.09. The molecule has 1 N–H and O–H groups in total. The maximum atomic E-state index is 12.1. The van der Waals surface area contributed by atoms with Gasteiger partial charge in [0.15, 0.2) is 0 Å². The van der Waals surface area contributed by atoms with Crippen molar-refractivity contribution in [2.75, 3.05) is 7.11 Å². The van der Waals surface area contributed by atoms with Crippen LogP contribution in [0.4, 0.5) is 4.79 Å². The second-order valence-corrected chi connectivity index (χ2v) is 10.2. The Morgan fingerprint density at radius 1 is 1.21 bits per heavy atom. The second kappa shape index (κ2) is 10.2. The molecule has 0 bridgehead atoms. The summed E-state index contributed by atoms with van der Waals surface area (Å²) in [6.07, 6.45) is 4.51. The van der Waals surface area contributed by atoms with Gasteiger partial charge in [-0.05, 0) is 0 Å². The van der Waals surface area contributed by atoms with Crippen molar-refractivity contribution in [2.24, 2.45) is 0 Å². The van der Waals surface area contributed by atoms with Gasteiger partial charge in [0, 0.05) is 0 Å². The molecule has 7 heteroatoms. The van der Waals surface area contributed by atoms with Crippen molar-refractivity contribution >= 4 is 26.5 Å².